The van der Waals surface area contributed by atoms with Crippen molar-refractivity contribution in [1.29, 1.82) is 0 Å². The van der Waals surface area contributed by atoms with Gasteiger partial charge in [-0.25, -0.2) is 9.59 Å². The van der Waals surface area contributed by atoms with Crippen molar-refractivity contribution < 1.29 is 28.7 Å². The van der Waals surface area contributed by atoms with E-state index >= 15 is 0 Å². The van der Waals surface area contributed by atoms with Crippen LogP contribution in [-0.4, -0.2) is 57.7 Å². The second-order valence-electron chi connectivity index (χ2n) is 4.70. The van der Waals surface area contributed by atoms with Crippen molar-refractivity contribution in [2.45, 2.75) is 38.1 Å². The van der Waals surface area contributed by atoms with E-state index < -0.39 is 18.2 Å². The van der Waals surface area contributed by atoms with Gasteiger partial charge in [-0.1, -0.05) is 0 Å². The highest BCUT2D eigenvalue weighted by Gasteiger charge is 2.20. The fourth-order valence-electron chi connectivity index (χ4n) is 1.73. The number of unbranched alkanes of at least 4 members (excludes halogenated alkanes) is 2. The van der Waals surface area contributed by atoms with Crippen molar-refractivity contribution in [3.63, 3.8) is 0 Å². The molecule has 1 atom stereocenters. The van der Waals surface area contributed by atoms with Gasteiger partial charge < -0.3 is 30.2 Å². The molecule has 1 unspecified atom stereocenters. The van der Waals surface area contributed by atoms with Gasteiger partial charge in [0.05, 0.1) is 14.2 Å². The number of carbonyl (C=O) groups excluding carboxylic acids is 4. The van der Waals surface area contributed by atoms with Crippen LogP contribution in [-0.2, 0) is 19.1 Å². The van der Waals surface area contributed by atoms with E-state index in [1.807, 2.05) is 0 Å². The zero-order valence-corrected chi connectivity index (χ0v) is 13.6. The van der Waals surface area contributed by atoms with Gasteiger partial charge in [0.2, 0.25) is 5.91 Å². The Morgan fingerprint density at radius 1 is 0.957 bits per heavy atom. The molecule has 0 aromatic heterocycles. The quantitative estimate of drug-likeness (QED) is 0.370. The minimum absolute atomic E-state index is 0.331. The summed E-state index contributed by atoms with van der Waals surface area (Å²) in [7, 11) is 2.50. The van der Waals surface area contributed by atoms with Crippen LogP contribution in [0.5, 0.6) is 0 Å². The number of nitrogens with one attached hydrogen (secondary N) is 3. The van der Waals surface area contributed by atoms with Crippen LogP contribution in [0.3, 0.4) is 0 Å². The van der Waals surface area contributed by atoms with Crippen LogP contribution in [0.25, 0.3) is 0 Å². The first kappa shape index (κ1) is 20.7. The predicted molar refractivity (Wildman–Crippen MR) is 81.9 cm³/mol. The van der Waals surface area contributed by atoms with Crippen molar-refractivity contribution in [3.8, 4) is 0 Å². The second-order valence-corrected chi connectivity index (χ2v) is 4.70. The van der Waals surface area contributed by atoms with Gasteiger partial charge >= 0.3 is 12.2 Å². The maximum atomic E-state index is 12.0. The number of carbonyl (C=O) groups is 4. The van der Waals surface area contributed by atoms with E-state index in [0.717, 1.165) is 6.29 Å². The molecule has 0 aliphatic carbocycles. The lowest BCUT2D eigenvalue weighted by atomic mass is 10.1. The molecule has 23 heavy (non-hydrogen) atoms. The number of hydrogen-bond acceptors (Lipinski definition) is 6. The molecule has 0 saturated carbocycles. The second kappa shape index (κ2) is 13.4. The first-order valence-corrected chi connectivity index (χ1v) is 7.42. The van der Waals surface area contributed by atoms with Crippen molar-refractivity contribution in [1.82, 2.24) is 16.0 Å². The molecule has 9 heteroatoms. The smallest absolute Gasteiger partial charge is 0.407 e. The fourth-order valence-corrected chi connectivity index (χ4v) is 1.73. The van der Waals surface area contributed by atoms with Gasteiger partial charge in [0.15, 0.2) is 0 Å². The fraction of sp³-hybridized carbons (Fsp3) is 0.714. The summed E-state index contributed by atoms with van der Waals surface area (Å²) in [6.45, 7) is 0.777. The van der Waals surface area contributed by atoms with Gasteiger partial charge in [-0.2, -0.15) is 0 Å². The molecular weight excluding hydrogens is 306 g/mol. The van der Waals surface area contributed by atoms with E-state index in [4.69, 9.17) is 0 Å². The van der Waals surface area contributed by atoms with Crippen LogP contribution in [0.2, 0.25) is 0 Å². The van der Waals surface area contributed by atoms with Crippen LogP contribution < -0.4 is 16.0 Å². The van der Waals surface area contributed by atoms with Crippen molar-refractivity contribution in [3.05, 3.63) is 0 Å². The van der Waals surface area contributed by atoms with E-state index in [2.05, 4.69) is 25.4 Å². The third-order valence-corrected chi connectivity index (χ3v) is 2.97. The van der Waals surface area contributed by atoms with Crippen molar-refractivity contribution in [2.24, 2.45) is 0 Å². The van der Waals surface area contributed by atoms with Crippen LogP contribution in [0.15, 0.2) is 0 Å². The molecule has 0 fully saturated rings. The predicted octanol–water partition coefficient (Wildman–Crippen LogP) is 0.333. The monoisotopic (exact) mass is 331 g/mol. The molecule has 0 aliphatic rings. The maximum absolute atomic E-state index is 12.0. The van der Waals surface area contributed by atoms with E-state index in [0.29, 0.717) is 45.2 Å². The van der Waals surface area contributed by atoms with Gasteiger partial charge in [0.25, 0.3) is 0 Å². The van der Waals surface area contributed by atoms with Crippen molar-refractivity contribution >= 4 is 24.4 Å². The van der Waals surface area contributed by atoms with E-state index in [1.165, 1.54) is 14.2 Å². The van der Waals surface area contributed by atoms with E-state index in [9.17, 15) is 19.2 Å². The molecule has 3 N–H and O–H groups in total. The molecule has 0 heterocycles. The zero-order valence-electron chi connectivity index (χ0n) is 13.6. The molecule has 0 rings (SSSR count). The summed E-state index contributed by atoms with van der Waals surface area (Å²) < 4.78 is 8.93. The summed E-state index contributed by atoms with van der Waals surface area (Å²) in [5.41, 5.74) is 0. The average molecular weight is 331 g/mol. The SMILES string of the molecule is COC(=O)NCCCCC(NC(=O)OC)C(=O)NCCCC=O. The Balaban J connectivity index is 4.17. The lowest BCUT2D eigenvalue weighted by Gasteiger charge is -2.17. The largest absolute Gasteiger partial charge is 0.453 e. The Morgan fingerprint density at radius 3 is 2.22 bits per heavy atom. The molecule has 0 spiro atoms. The highest BCUT2D eigenvalue weighted by Crippen LogP contribution is 2.02. The normalized spacial score (nSPS) is 11.0. The Morgan fingerprint density at radius 2 is 1.61 bits per heavy atom. The highest BCUT2D eigenvalue weighted by atomic mass is 16.5. The number of amides is 3. The number of methoxy groups -OCH3 is 2. The van der Waals surface area contributed by atoms with Crippen LogP contribution >= 0.6 is 0 Å². The molecule has 9 nitrogen and oxygen atoms in total. The lowest BCUT2D eigenvalue weighted by molar-refractivity contribution is -0.123. The van der Waals surface area contributed by atoms with Crippen molar-refractivity contribution in [2.75, 3.05) is 27.3 Å². The molecule has 0 aromatic rings. The third kappa shape index (κ3) is 11.0. The first-order chi connectivity index (χ1) is 11.0. The summed E-state index contributed by atoms with van der Waals surface area (Å²) >= 11 is 0. The number of hydrogen-bond donors (Lipinski definition) is 3. The van der Waals surface area contributed by atoms with E-state index in [-0.39, 0.29) is 5.91 Å². The van der Waals surface area contributed by atoms with Gasteiger partial charge in [-0.3, -0.25) is 4.79 Å². The topological polar surface area (TPSA) is 123 Å². The first-order valence-electron chi connectivity index (χ1n) is 7.42. The average Bonchev–Trinajstić information content (AvgIpc) is 2.56. The van der Waals surface area contributed by atoms with Gasteiger partial charge in [-0.05, 0) is 25.7 Å². The standard InChI is InChI=1S/C14H25N3O6/c1-22-13(20)16-9-4-3-7-11(17-14(21)23-2)12(19)15-8-5-6-10-18/h10-11H,3-9H2,1-2H3,(H,15,19)(H,16,20)(H,17,21). The molecule has 0 bridgehead atoms. The number of ether oxygens (including phenoxy) is 2. The van der Waals surface area contributed by atoms with Crippen LogP contribution in [0.1, 0.15) is 32.1 Å². The van der Waals surface area contributed by atoms with E-state index in [1.54, 1.807) is 0 Å². The summed E-state index contributed by atoms with van der Waals surface area (Å²) in [6, 6.07) is -0.725. The Bertz CT molecular complexity index is 389. The minimum atomic E-state index is -0.725. The third-order valence-electron chi connectivity index (χ3n) is 2.97. The summed E-state index contributed by atoms with van der Waals surface area (Å²) in [5, 5.41) is 7.65. The molecule has 132 valence electrons. The van der Waals surface area contributed by atoms with Gasteiger partial charge in [-0.15, -0.1) is 0 Å². The molecule has 0 aliphatic heterocycles. The number of aldehydes is 1. The van der Waals surface area contributed by atoms with Crippen LogP contribution in [0.4, 0.5) is 9.59 Å². The van der Waals surface area contributed by atoms with Gasteiger partial charge in [0.1, 0.15) is 12.3 Å². The Hall–Kier alpha value is -2.32. The Labute approximate surface area is 135 Å². The number of rotatable bonds is 11. The summed E-state index contributed by atoms with van der Waals surface area (Å²) in [5.74, 6) is -0.331. The maximum Gasteiger partial charge on any atom is 0.407 e. The minimum Gasteiger partial charge on any atom is -0.453 e. The molecule has 0 radical (unpaired) electrons. The summed E-state index contributed by atoms with van der Waals surface area (Å²) in [6.07, 6.45) is 2.14. The lowest BCUT2D eigenvalue weighted by Crippen LogP contribution is -2.47. The van der Waals surface area contributed by atoms with Gasteiger partial charge in [0, 0.05) is 19.5 Å². The highest BCUT2D eigenvalue weighted by molar-refractivity contribution is 5.85. The molecule has 0 saturated heterocycles. The Kier molecular flexibility index (Phi) is 12.0. The zero-order chi connectivity index (χ0) is 17.5. The molecule has 3 amide bonds. The number of alkyl carbamates (subject to hydrolysis) is 2. The summed E-state index contributed by atoms with van der Waals surface area (Å²) in [4.78, 5) is 44.4. The van der Waals surface area contributed by atoms with Crippen LogP contribution in [0, 0.1) is 0 Å². The molecular formula is C14H25N3O6. The molecule has 0 aromatic carbocycles.